The second-order valence-electron chi connectivity index (χ2n) is 5.56. The maximum atomic E-state index is 13.9. The highest BCUT2D eigenvalue weighted by Gasteiger charge is 2.24. The van der Waals surface area contributed by atoms with Crippen LogP contribution in [0, 0.1) is 5.82 Å². The van der Waals surface area contributed by atoms with Crippen LogP contribution in [0.2, 0.25) is 0 Å². The van der Waals surface area contributed by atoms with Crippen LogP contribution in [-0.4, -0.2) is 30.0 Å². The monoisotopic (exact) mass is 328 g/mol. The molecule has 0 bridgehead atoms. The van der Waals surface area contributed by atoms with Crippen LogP contribution in [0.4, 0.5) is 10.1 Å². The molecule has 1 amide bonds. The molecule has 0 aliphatic carbocycles. The van der Waals surface area contributed by atoms with E-state index in [0.717, 1.165) is 12.0 Å². The molecular weight excluding hydrogens is 311 g/mol. The van der Waals surface area contributed by atoms with E-state index < -0.39 is 11.8 Å². The largest absolute Gasteiger partial charge is 0.462 e. The van der Waals surface area contributed by atoms with E-state index in [-0.39, 0.29) is 18.1 Å². The van der Waals surface area contributed by atoms with Crippen LogP contribution in [0.1, 0.15) is 28.8 Å². The molecule has 1 fully saturated rings. The van der Waals surface area contributed by atoms with Gasteiger partial charge in [-0.25, -0.2) is 9.18 Å². The Morgan fingerprint density at radius 2 is 2.21 bits per heavy atom. The fraction of sp³-hybridized carbons (Fsp3) is 0.278. The van der Waals surface area contributed by atoms with Gasteiger partial charge >= 0.3 is 5.97 Å². The molecule has 1 saturated heterocycles. The zero-order valence-electron chi connectivity index (χ0n) is 13.1. The highest BCUT2D eigenvalue weighted by atomic mass is 19.1. The summed E-state index contributed by atoms with van der Waals surface area (Å²) in [7, 11) is 0. The second-order valence-corrected chi connectivity index (χ2v) is 5.56. The van der Waals surface area contributed by atoms with E-state index in [2.05, 4.69) is 4.98 Å². The number of pyridine rings is 1. The van der Waals surface area contributed by atoms with Crippen molar-refractivity contribution in [3.8, 4) is 0 Å². The molecule has 6 heteroatoms. The summed E-state index contributed by atoms with van der Waals surface area (Å²) in [5.74, 6) is -1.40. The zero-order chi connectivity index (χ0) is 16.9. The van der Waals surface area contributed by atoms with Crippen molar-refractivity contribution in [3.63, 3.8) is 0 Å². The Bertz CT molecular complexity index is 749. The molecule has 0 unspecified atom stereocenters. The normalized spacial score (nSPS) is 14.0. The number of hydrogen-bond acceptors (Lipinski definition) is 4. The lowest BCUT2D eigenvalue weighted by Crippen LogP contribution is -2.24. The minimum absolute atomic E-state index is 0.0162. The minimum atomic E-state index is -0.732. The molecule has 1 aromatic carbocycles. The summed E-state index contributed by atoms with van der Waals surface area (Å²) in [6.45, 7) is 0.719. The lowest BCUT2D eigenvalue weighted by Gasteiger charge is -2.16. The minimum Gasteiger partial charge on any atom is -0.462 e. The molecule has 2 aromatic rings. The molecule has 24 heavy (non-hydrogen) atoms. The predicted octanol–water partition coefficient (Wildman–Crippen LogP) is 2.75. The highest BCUT2D eigenvalue weighted by molar-refractivity contribution is 5.97. The van der Waals surface area contributed by atoms with Crippen molar-refractivity contribution in [1.82, 2.24) is 4.98 Å². The van der Waals surface area contributed by atoms with E-state index in [9.17, 15) is 14.0 Å². The van der Waals surface area contributed by atoms with Gasteiger partial charge in [-0.05, 0) is 36.2 Å². The zero-order valence-corrected chi connectivity index (χ0v) is 13.1. The fourth-order valence-corrected chi connectivity index (χ4v) is 2.64. The number of amides is 1. The van der Waals surface area contributed by atoms with Crippen molar-refractivity contribution < 1.29 is 18.7 Å². The third-order valence-electron chi connectivity index (χ3n) is 3.90. The molecular formula is C18H17FN2O3. The Labute approximate surface area is 139 Å². The van der Waals surface area contributed by atoms with Gasteiger partial charge in [-0.2, -0.15) is 0 Å². The lowest BCUT2D eigenvalue weighted by atomic mass is 10.1. The number of carbonyl (C=O) groups is 2. The molecule has 0 saturated carbocycles. The van der Waals surface area contributed by atoms with Crippen LogP contribution < -0.4 is 4.90 Å². The van der Waals surface area contributed by atoms with Gasteiger partial charge in [0.2, 0.25) is 5.91 Å². The van der Waals surface area contributed by atoms with Gasteiger partial charge < -0.3 is 9.64 Å². The molecule has 5 nitrogen and oxygen atoms in total. The number of nitrogens with zero attached hydrogens (tertiary/aromatic N) is 2. The number of ether oxygens (including phenoxy) is 1. The molecule has 124 valence electrons. The van der Waals surface area contributed by atoms with Crippen molar-refractivity contribution in [2.45, 2.75) is 19.3 Å². The first kappa shape index (κ1) is 16.1. The number of rotatable bonds is 5. The van der Waals surface area contributed by atoms with Crippen LogP contribution in [0.3, 0.4) is 0 Å². The third-order valence-corrected chi connectivity index (χ3v) is 3.90. The number of anilines is 1. The Morgan fingerprint density at radius 1 is 1.33 bits per heavy atom. The quantitative estimate of drug-likeness (QED) is 0.792. The van der Waals surface area contributed by atoms with E-state index in [1.807, 2.05) is 6.07 Å². The molecule has 0 spiro atoms. The highest BCUT2D eigenvalue weighted by Crippen LogP contribution is 2.24. The summed E-state index contributed by atoms with van der Waals surface area (Å²) in [6.07, 6.45) is 5.10. The van der Waals surface area contributed by atoms with Crippen LogP contribution in [0.5, 0.6) is 0 Å². The first-order valence-electron chi connectivity index (χ1n) is 7.81. The van der Waals surface area contributed by atoms with E-state index in [0.29, 0.717) is 25.1 Å². The smallest absolute Gasteiger partial charge is 0.341 e. The third kappa shape index (κ3) is 3.59. The average Bonchev–Trinajstić information content (AvgIpc) is 3.02. The number of halogens is 1. The Hall–Kier alpha value is -2.76. The van der Waals surface area contributed by atoms with Crippen molar-refractivity contribution in [1.29, 1.82) is 0 Å². The average molecular weight is 328 g/mol. The van der Waals surface area contributed by atoms with Crippen molar-refractivity contribution in [2.24, 2.45) is 0 Å². The van der Waals surface area contributed by atoms with Gasteiger partial charge in [-0.1, -0.05) is 6.07 Å². The number of carbonyl (C=O) groups excluding carboxylic acids is 2. The van der Waals surface area contributed by atoms with Gasteiger partial charge in [0.1, 0.15) is 5.82 Å². The summed E-state index contributed by atoms with van der Waals surface area (Å²) in [5, 5.41) is 0. The maximum Gasteiger partial charge on any atom is 0.341 e. The molecule has 1 aromatic heterocycles. The summed E-state index contributed by atoms with van der Waals surface area (Å²) in [4.78, 5) is 29.4. The molecule has 2 heterocycles. The van der Waals surface area contributed by atoms with Gasteiger partial charge in [0.05, 0.1) is 12.2 Å². The topological polar surface area (TPSA) is 59.5 Å². The summed E-state index contributed by atoms with van der Waals surface area (Å²) < 4.78 is 19.1. The van der Waals surface area contributed by atoms with E-state index in [1.54, 1.807) is 23.4 Å². The number of aromatic nitrogens is 1. The Morgan fingerprint density at radius 3 is 2.92 bits per heavy atom. The SMILES string of the molecule is O=C(OCCc1cccnc1)c1cc(N2CCCC2=O)ccc1F. The predicted molar refractivity (Wildman–Crippen MR) is 86.2 cm³/mol. The van der Waals surface area contributed by atoms with Gasteiger partial charge in [-0.15, -0.1) is 0 Å². The maximum absolute atomic E-state index is 13.9. The molecule has 3 rings (SSSR count). The summed E-state index contributed by atoms with van der Waals surface area (Å²) in [5.41, 5.74) is 1.30. The second kappa shape index (κ2) is 7.21. The molecule has 1 aliphatic heterocycles. The Kier molecular flexibility index (Phi) is 4.84. The van der Waals surface area contributed by atoms with Gasteiger partial charge in [0, 0.05) is 37.5 Å². The standard InChI is InChI=1S/C18H17FN2O3/c19-16-6-5-14(21-9-2-4-17(21)22)11-15(16)18(23)24-10-7-13-3-1-8-20-12-13/h1,3,5-6,8,11-12H,2,4,7,9-10H2. The molecule has 1 aliphatic rings. The molecule has 0 N–H and O–H groups in total. The molecule has 0 atom stereocenters. The number of esters is 1. The van der Waals surface area contributed by atoms with Crippen LogP contribution >= 0.6 is 0 Å². The summed E-state index contributed by atoms with van der Waals surface area (Å²) in [6, 6.07) is 7.75. The van der Waals surface area contributed by atoms with Crippen LogP contribution in [0.25, 0.3) is 0 Å². The number of benzene rings is 1. The first-order chi connectivity index (χ1) is 11.6. The lowest BCUT2D eigenvalue weighted by molar-refractivity contribution is -0.117. The van der Waals surface area contributed by atoms with Gasteiger partial charge in [0.15, 0.2) is 0 Å². The summed E-state index contributed by atoms with van der Waals surface area (Å²) >= 11 is 0. The van der Waals surface area contributed by atoms with Gasteiger partial charge in [0.25, 0.3) is 0 Å². The first-order valence-corrected chi connectivity index (χ1v) is 7.81. The fourth-order valence-electron chi connectivity index (χ4n) is 2.64. The van der Waals surface area contributed by atoms with Crippen LogP contribution in [-0.2, 0) is 16.0 Å². The van der Waals surface area contributed by atoms with Crippen LogP contribution in [0.15, 0.2) is 42.7 Å². The van der Waals surface area contributed by atoms with E-state index in [4.69, 9.17) is 4.74 Å². The molecule has 0 radical (unpaired) electrons. The van der Waals surface area contributed by atoms with Crippen molar-refractivity contribution in [2.75, 3.05) is 18.1 Å². The van der Waals surface area contributed by atoms with Gasteiger partial charge in [-0.3, -0.25) is 9.78 Å². The van der Waals surface area contributed by atoms with E-state index >= 15 is 0 Å². The number of hydrogen-bond donors (Lipinski definition) is 0. The Balaban J connectivity index is 1.66. The van der Waals surface area contributed by atoms with E-state index in [1.165, 1.54) is 18.2 Å². The van der Waals surface area contributed by atoms with Crippen molar-refractivity contribution >= 4 is 17.6 Å². The van der Waals surface area contributed by atoms with Crippen molar-refractivity contribution in [3.05, 3.63) is 59.7 Å².